The van der Waals surface area contributed by atoms with Crippen LogP contribution in [0.2, 0.25) is 0 Å². The van der Waals surface area contributed by atoms with E-state index in [1.165, 1.54) is 53.0 Å². The van der Waals surface area contributed by atoms with Gasteiger partial charge in [0.25, 0.3) is 5.69 Å². The number of nitrogens with zero attached hydrogens (tertiary/aromatic N) is 13. The van der Waals surface area contributed by atoms with Crippen molar-refractivity contribution in [1.82, 2.24) is 73.8 Å². The van der Waals surface area contributed by atoms with Gasteiger partial charge in [0, 0.05) is 54.1 Å². The van der Waals surface area contributed by atoms with Crippen molar-refractivity contribution < 1.29 is 38.1 Å². The molecule has 1 amide bonds. The number of fused-ring (bicyclic) bond motifs is 7. The second kappa shape index (κ2) is 36.0. The monoisotopic (exact) mass is 1560 g/mol. The molecule has 30 heteroatoms. The van der Waals surface area contributed by atoms with Crippen LogP contribution in [0.5, 0.6) is 11.5 Å². The number of nitrogens with two attached hydrogens (primary N) is 2. The van der Waals surface area contributed by atoms with Crippen LogP contribution in [0.3, 0.4) is 0 Å². The number of ether oxygens (including phenoxy) is 3. The Labute approximate surface area is 658 Å². The highest BCUT2D eigenvalue weighted by Crippen LogP contribution is 2.32. The predicted octanol–water partition coefficient (Wildman–Crippen LogP) is 15.5. The average molecular weight is 1560 g/mol. The number of H-pyrrole nitrogens is 3. The fourth-order valence-corrected chi connectivity index (χ4v) is 14.7. The number of rotatable bonds is 20. The molecule has 8 heterocycles. The van der Waals surface area contributed by atoms with Crippen molar-refractivity contribution in [2.24, 2.45) is 0 Å². The minimum absolute atomic E-state index is 0.0594. The number of morpholine rings is 1. The first-order valence-electron chi connectivity index (χ1n) is 35.6. The summed E-state index contributed by atoms with van der Waals surface area (Å²) in [5, 5.41) is 29.3. The number of anilines is 2. The van der Waals surface area contributed by atoms with Crippen molar-refractivity contribution in [3.8, 4) is 34.4 Å². The highest BCUT2D eigenvalue weighted by Gasteiger charge is 2.23. The summed E-state index contributed by atoms with van der Waals surface area (Å²) in [6, 6.07) is 76.4. The van der Waals surface area contributed by atoms with E-state index in [9.17, 15) is 24.5 Å². The normalized spacial score (nSPS) is 11.8. The van der Waals surface area contributed by atoms with Crippen molar-refractivity contribution in [2.45, 2.75) is 35.5 Å². The van der Waals surface area contributed by atoms with Crippen LogP contribution in [0.15, 0.2) is 263 Å². The van der Waals surface area contributed by atoms with Gasteiger partial charge in [0.1, 0.15) is 17.3 Å². The van der Waals surface area contributed by atoms with E-state index >= 15 is 0 Å². The van der Waals surface area contributed by atoms with Crippen LogP contribution >= 0.6 is 35.3 Å². The lowest BCUT2D eigenvalue weighted by Gasteiger charge is -2.26. The van der Waals surface area contributed by atoms with Crippen molar-refractivity contribution >= 4 is 131 Å². The smallest absolute Gasteiger partial charge is 0.269 e. The second-order valence-electron chi connectivity index (χ2n) is 25.6. The van der Waals surface area contributed by atoms with Gasteiger partial charge >= 0.3 is 0 Å². The molecule has 0 radical (unpaired) electrons. The number of carbonyl (C=O) groups excluding carboxylic acids is 3. The number of carbonyl (C=O) groups is 3. The van der Waals surface area contributed by atoms with Gasteiger partial charge in [-0.3, -0.25) is 28.9 Å². The van der Waals surface area contributed by atoms with Crippen LogP contribution in [0.1, 0.15) is 37.4 Å². The van der Waals surface area contributed by atoms with Gasteiger partial charge in [-0.05, 0) is 144 Å². The number of aromatic nitrogens is 14. The number of nitrogen functional groups attached to an aromatic ring is 2. The molecule has 568 valence electrons. The number of benzene rings is 10. The van der Waals surface area contributed by atoms with Crippen molar-refractivity contribution in [2.75, 3.05) is 69.2 Å². The zero-order valence-corrected chi connectivity index (χ0v) is 63.8. The lowest BCUT2D eigenvalue weighted by atomic mass is 10.1. The Morgan fingerprint density at radius 2 is 1.12 bits per heavy atom. The Morgan fingerprint density at radius 1 is 0.531 bits per heavy atom. The molecule has 0 unspecified atom stereocenters. The van der Waals surface area contributed by atoms with E-state index in [0.29, 0.717) is 85.2 Å². The van der Waals surface area contributed by atoms with Gasteiger partial charge in [-0.1, -0.05) is 156 Å². The minimum atomic E-state index is -0.427. The average Bonchev–Trinajstić information content (AvgIpc) is 1.59. The molecule has 1 saturated heterocycles. The molecule has 0 saturated carbocycles. The van der Waals surface area contributed by atoms with Crippen molar-refractivity contribution in [3.63, 3.8) is 0 Å². The number of nitro groups is 1. The van der Waals surface area contributed by atoms with Crippen LogP contribution in [-0.4, -0.2) is 154 Å². The molecule has 0 atom stereocenters. The summed E-state index contributed by atoms with van der Waals surface area (Å²) in [5.74, 6) is 5.25. The molecule has 1 fully saturated rings. The number of non-ortho nitro benzene ring substituents is 1. The van der Waals surface area contributed by atoms with Crippen molar-refractivity contribution in [1.29, 1.82) is 0 Å². The molecule has 0 aliphatic carbocycles. The van der Waals surface area contributed by atoms with E-state index in [-0.39, 0.29) is 29.0 Å². The van der Waals surface area contributed by atoms with Gasteiger partial charge < -0.3 is 54.7 Å². The van der Waals surface area contributed by atoms with Crippen LogP contribution < -0.4 is 20.9 Å². The van der Waals surface area contributed by atoms with E-state index in [1.807, 2.05) is 174 Å². The van der Waals surface area contributed by atoms with Crippen LogP contribution in [-0.2, 0) is 22.6 Å². The van der Waals surface area contributed by atoms with Crippen molar-refractivity contribution in [3.05, 3.63) is 281 Å². The van der Waals surface area contributed by atoms with Crippen LogP contribution in [0.25, 0.3) is 83.9 Å². The van der Waals surface area contributed by atoms with E-state index in [2.05, 4.69) is 88.6 Å². The molecule has 18 rings (SSSR count). The lowest BCUT2D eigenvalue weighted by molar-refractivity contribution is -0.384. The molecular weight excluding hydrogens is 1490 g/mol. The molecule has 17 aromatic rings. The lowest BCUT2D eigenvalue weighted by Crippen LogP contribution is -2.41. The number of para-hydroxylation sites is 8. The number of ketones is 2. The summed E-state index contributed by atoms with van der Waals surface area (Å²) in [5.41, 5.74) is 27.8. The minimum Gasteiger partial charge on any atom is -0.497 e. The Hall–Kier alpha value is -13.4. The first-order chi connectivity index (χ1) is 55.2. The molecule has 0 spiro atoms. The van der Waals surface area contributed by atoms with Gasteiger partial charge in [0.05, 0.1) is 111 Å². The number of nitro benzene ring substituents is 1. The molecule has 113 heavy (non-hydrogen) atoms. The largest absolute Gasteiger partial charge is 0.497 e. The summed E-state index contributed by atoms with van der Waals surface area (Å²) in [6.07, 6.45) is 0. The van der Waals surface area contributed by atoms with E-state index in [4.69, 9.17) is 30.3 Å². The zero-order valence-electron chi connectivity index (χ0n) is 61.3. The Balaban J connectivity index is 0.000000118. The summed E-state index contributed by atoms with van der Waals surface area (Å²) in [4.78, 5) is 76.3. The highest BCUT2D eigenvalue weighted by molar-refractivity contribution is 8.00. The third-order valence-corrected chi connectivity index (χ3v) is 20.7. The van der Waals surface area contributed by atoms with E-state index in [0.717, 1.165) is 110 Å². The second-order valence-corrected chi connectivity index (χ2v) is 28.5. The number of thioether (sulfide) groups is 3. The molecule has 7 N–H and O–H groups in total. The fraction of sp³-hybridized carbons (Fsp3) is 0.145. The zero-order chi connectivity index (χ0) is 78.2. The molecule has 27 nitrogen and oxygen atoms in total. The van der Waals surface area contributed by atoms with Gasteiger partial charge in [-0.25, -0.2) is 24.6 Å². The number of Topliss-reactive ketones (excluding diaryl/α,β-unsaturated/α-hetero) is 2. The van der Waals surface area contributed by atoms with Gasteiger partial charge in [0.15, 0.2) is 44.4 Å². The fourth-order valence-electron chi connectivity index (χ4n) is 12.3. The van der Waals surface area contributed by atoms with E-state index in [1.54, 1.807) is 62.8 Å². The number of aryl methyl sites for hydroxylation is 1. The molecule has 0 bridgehead atoms. The number of aromatic amines is 3. The maximum Gasteiger partial charge on any atom is 0.269 e. The van der Waals surface area contributed by atoms with Crippen LogP contribution in [0, 0.1) is 17.0 Å². The molecule has 10 aromatic carbocycles. The third-order valence-electron chi connectivity index (χ3n) is 18.1. The standard InChI is InChI=1S/C21H21N5O2S.C17H15N5O2.C16H14N2O2S.C16H14N2OS.C13H10N4O2/c27-19(24-10-12-28-13-11-24)15-29-21-23-22-20-25(14-16-6-2-1-3-7-16)17-8-4-5-9-18(17)26(20)21;1-23-12-6-4-5-11(9-12)10-22-14-8-3-2-7-13(14)19-17(22)15-16(18)21-24-20-15;1-20-12-8-6-11(7-9-12)15(19)10-21-16-17-13-4-2-3-5-14(13)18-16;1-11-6-8-12(9-7-11)15(19)10-20-16-17-13-4-2-3-5-14(13)18-16;14-9-3-6-11-12(7-9)16-13(15-11)8-1-4-10(5-2-8)17(18)19/h1-9H,10-15H2;2-9H,10H2,1H3,(H2,18,21);2-9H,10H2,1H3,(H,17,18);2-9H,10H2,1H3,(H,17,18);1-7H,14H2,(H,15,16). The Bertz CT molecular complexity index is 6090. The predicted molar refractivity (Wildman–Crippen MR) is 441 cm³/mol. The van der Waals surface area contributed by atoms with E-state index < -0.39 is 4.92 Å². The van der Waals surface area contributed by atoms with Gasteiger partial charge in [0.2, 0.25) is 11.7 Å². The highest BCUT2D eigenvalue weighted by atomic mass is 32.2. The third kappa shape index (κ3) is 18.7. The topological polar surface area (TPSA) is 355 Å². The quantitative estimate of drug-likeness (QED) is 0.0156. The molecule has 1 aliphatic rings. The number of imidazole rings is 5. The number of hydrogen-bond donors (Lipinski definition) is 5. The maximum atomic E-state index is 12.5. The maximum absolute atomic E-state index is 12.5. The summed E-state index contributed by atoms with van der Waals surface area (Å²) in [6.45, 7) is 5.86. The number of nitrogens with one attached hydrogen (secondary N) is 3. The summed E-state index contributed by atoms with van der Waals surface area (Å²) in [7, 11) is 3.26. The SMILES string of the molecule is COc1ccc(C(=O)CSc2nc3ccccc3[nH]2)cc1.COc1cccc(Cn2c(-c3nonc3N)nc3ccccc32)c1.Cc1ccc(C(=O)CSc2nc3ccccc3[nH]2)cc1.Nc1ccc2nc(-c3ccc([N+](=O)[O-])cc3)[nH]c2c1.O=C(CSc1nnc2n(Cc3ccccc3)c3ccccc3n12)N1CCOCC1. The molecule has 7 aromatic heterocycles. The Kier molecular flexibility index (Phi) is 24.3. The first-order valence-corrected chi connectivity index (χ1v) is 38.6. The number of methoxy groups -OCH3 is 2. The number of amides is 1. The molecular formula is C83H74N18O9S3. The summed E-state index contributed by atoms with van der Waals surface area (Å²) >= 11 is 4.29. The molecule has 1 aliphatic heterocycles. The summed E-state index contributed by atoms with van der Waals surface area (Å²) < 4.78 is 26.7. The van der Waals surface area contributed by atoms with Gasteiger partial charge in [-0.15, -0.1) is 10.2 Å². The Morgan fingerprint density at radius 3 is 1.74 bits per heavy atom. The first kappa shape index (κ1) is 76.4. The van der Waals surface area contributed by atoms with Crippen LogP contribution in [0.4, 0.5) is 17.2 Å². The van der Waals surface area contributed by atoms with Gasteiger partial charge in [-0.2, -0.15) is 0 Å². The number of hydrogen-bond acceptors (Lipinski definition) is 22.